The van der Waals surface area contributed by atoms with Crippen molar-refractivity contribution in [2.45, 2.75) is 4.90 Å². The lowest BCUT2D eigenvalue weighted by atomic mass is 10.1. The van der Waals surface area contributed by atoms with E-state index in [4.69, 9.17) is 23.2 Å². The number of hydrogen-bond acceptors (Lipinski definition) is 2. The molecule has 0 aromatic heterocycles. The van der Waals surface area contributed by atoms with Crippen LogP contribution in [0.4, 0.5) is 5.69 Å². The summed E-state index contributed by atoms with van der Waals surface area (Å²) in [5.74, 6) is 0. The highest BCUT2D eigenvalue weighted by Crippen LogP contribution is 2.31. The Kier molecular flexibility index (Phi) is 4.00. The molecule has 3 rings (SSSR count). The molecule has 112 valence electrons. The molecular weight excluding hydrogens is 341 g/mol. The van der Waals surface area contributed by atoms with E-state index in [-0.39, 0.29) is 9.92 Å². The van der Waals surface area contributed by atoms with E-state index in [1.165, 1.54) is 0 Å². The van der Waals surface area contributed by atoms with Crippen LogP contribution < -0.4 is 4.72 Å². The van der Waals surface area contributed by atoms with Crippen LogP contribution in [0.25, 0.3) is 10.8 Å². The second-order valence-corrected chi connectivity index (χ2v) is 7.17. The predicted octanol–water partition coefficient (Wildman–Crippen LogP) is 4.95. The molecule has 0 radical (unpaired) electrons. The molecule has 0 unspecified atom stereocenters. The molecule has 0 atom stereocenters. The minimum Gasteiger partial charge on any atom is -0.280 e. The van der Waals surface area contributed by atoms with Crippen LogP contribution in [0.2, 0.25) is 10.0 Å². The minimum absolute atomic E-state index is 0.0715. The van der Waals surface area contributed by atoms with Gasteiger partial charge in [0.25, 0.3) is 10.0 Å². The molecule has 22 heavy (non-hydrogen) atoms. The number of halogens is 2. The number of hydrogen-bond donors (Lipinski definition) is 1. The van der Waals surface area contributed by atoms with Gasteiger partial charge in [-0.15, -0.1) is 0 Å². The van der Waals surface area contributed by atoms with E-state index in [2.05, 4.69) is 4.72 Å². The molecule has 0 amide bonds. The van der Waals surface area contributed by atoms with Gasteiger partial charge in [-0.05, 0) is 35.7 Å². The highest BCUT2D eigenvalue weighted by Gasteiger charge is 2.21. The zero-order valence-corrected chi connectivity index (χ0v) is 13.6. The molecule has 0 saturated heterocycles. The van der Waals surface area contributed by atoms with Gasteiger partial charge in [0.1, 0.15) is 4.90 Å². The van der Waals surface area contributed by atoms with Crippen LogP contribution in [0.15, 0.2) is 65.6 Å². The third-order valence-corrected chi connectivity index (χ3v) is 5.36. The van der Waals surface area contributed by atoms with Gasteiger partial charge in [0.05, 0.1) is 5.02 Å². The Morgan fingerprint density at radius 3 is 2.23 bits per heavy atom. The normalized spacial score (nSPS) is 11.5. The van der Waals surface area contributed by atoms with Gasteiger partial charge in [0.15, 0.2) is 0 Å². The number of rotatable bonds is 3. The van der Waals surface area contributed by atoms with Gasteiger partial charge >= 0.3 is 0 Å². The van der Waals surface area contributed by atoms with Gasteiger partial charge in [-0.1, -0.05) is 53.5 Å². The average Bonchev–Trinajstić information content (AvgIpc) is 2.49. The van der Waals surface area contributed by atoms with E-state index in [9.17, 15) is 8.42 Å². The molecule has 0 aliphatic heterocycles. The summed E-state index contributed by atoms with van der Waals surface area (Å²) >= 11 is 11.9. The van der Waals surface area contributed by atoms with Crippen LogP contribution in [0.1, 0.15) is 0 Å². The first kappa shape index (κ1) is 15.2. The molecule has 0 aliphatic rings. The molecule has 0 bridgehead atoms. The second kappa shape index (κ2) is 5.80. The Bertz CT molecular complexity index is 938. The summed E-state index contributed by atoms with van der Waals surface area (Å²) < 4.78 is 27.9. The summed E-state index contributed by atoms with van der Waals surface area (Å²) in [5.41, 5.74) is 0.424. The number of benzene rings is 3. The van der Waals surface area contributed by atoms with E-state index in [0.29, 0.717) is 16.1 Å². The van der Waals surface area contributed by atoms with Crippen molar-refractivity contribution in [2.24, 2.45) is 0 Å². The van der Waals surface area contributed by atoms with Gasteiger partial charge in [-0.25, -0.2) is 8.42 Å². The summed E-state index contributed by atoms with van der Waals surface area (Å²) in [5, 5.41) is 2.10. The molecule has 3 aromatic carbocycles. The van der Waals surface area contributed by atoms with Gasteiger partial charge in [-0.2, -0.15) is 0 Å². The molecule has 0 saturated carbocycles. The number of sulfonamides is 1. The number of fused-ring (bicyclic) bond motifs is 1. The van der Waals surface area contributed by atoms with E-state index in [1.54, 1.807) is 48.5 Å². The Hall–Kier alpha value is -1.75. The maximum Gasteiger partial charge on any atom is 0.264 e. The average molecular weight is 352 g/mol. The maximum absolute atomic E-state index is 12.7. The number of nitrogens with one attached hydrogen (secondary N) is 1. The maximum atomic E-state index is 12.7. The van der Waals surface area contributed by atoms with Gasteiger partial charge < -0.3 is 0 Å². The first-order valence-corrected chi connectivity index (χ1v) is 8.67. The lowest BCUT2D eigenvalue weighted by Gasteiger charge is -2.12. The standard InChI is InChI=1S/C16H11Cl2NO2S/c17-12-6-8-13(9-7-12)19-22(20,21)16-14-4-2-1-3-11(14)5-10-15(16)18/h1-10,19H. The first-order valence-electron chi connectivity index (χ1n) is 6.43. The molecule has 0 heterocycles. The summed E-state index contributed by atoms with van der Waals surface area (Å²) in [6.07, 6.45) is 0. The minimum atomic E-state index is -3.81. The third kappa shape index (κ3) is 2.90. The molecular formula is C16H11Cl2NO2S. The zero-order chi connectivity index (χ0) is 15.7. The molecule has 3 aromatic rings. The van der Waals surface area contributed by atoms with Crippen molar-refractivity contribution >= 4 is 49.7 Å². The fraction of sp³-hybridized carbons (Fsp3) is 0. The fourth-order valence-electron chi connectivity index (χ4n) is 2.21. The molecule has 0 fully saturated rings. The Morgan fingerprint density at radius 2 is 1.50 bits per heavy atom. The van der Waals surface area contributed by atoms with Gasteiger partial charge in [0, 0.05) is 16.1 Å². The predicted molar refractivity (Wildman–Crippen MR) is 91.2 cm³/mol. The molecule has 0 aliphatic carbocycles. The lowest BCUT2D eigenvalue weighted by Crippen LogP contribution is -2.14. The Labute approximate surface area is 138 Å². The fourth-order valence-corrected chi connectivity index (χ4v) is 4.16. The van der Waals surface area contributed by atoms with Crippen LogP contribution in [-0.2, 0) is 10.0 Å². The van der Waals surface area contributed by atoms with E-state index in [1.807, 2.05) is 12.1 Å². The monoisotopic (exact) mass is 351 g/mol. The van der Waals surface area contributed by atoms with Crippen molar-refractivity contribution in [2.75, 3.05) is 4.72 Å². The highest BCUT2D eigenvalue weighted by atomic mass is 35.5. The topological polar surface area (TPSA) is 46.2 Å². The SMILES string of the molecule is O=S(=O)(Nc1ccc(Cl)cc1)c1c(Cl)ccc2ccccc12. The largest absolute Gasteiger partial charge is 0.280 e. The van der Waals surface area contributed by atoms with E-state index >= 15 is 0 Å². The van der Waals surface area contributed by atoms with Crippen LogP contribution >= 0.6 is 23.2 Å². The summed E-state index contributed by atoms with van der Waals surface area (Å²) in [6, 6.07) is 17.0. The summed E-state index contributed by atoms with van der Waals surface area (Å²) in [6.45, 7) is 0. The lowest BCUT2D eigenvalue weighted by molar-refractivity contribution is 0.602. The molecule has 3 nitrogen and oxygen atoms in total. The van der Waals surface area contributed by atoms with Crippen LogP contribution in [0.5, 0.6) is 0 Å². The van der Waals surface area contributed by atoms with Crippen molar-refractivity contribution in [3.8, 4) is 0 Å². The zero-order valence-electron chi connectivity index (χ0n) is 11.3. The van der Waals surface area contributed by atoms with Crippen molar-refractivity contribution in [3.05, 3.63) is 70.7 Å². The van der Waals surface area contributed by atoms with Crippen molar-refractivity contribution < 1.29 is 8.42 Å². The smallest absolute Gasteiger partial charge is 0.264 e. The van der Waals surface area contributed by atoms with Crippen LogP contribution in [0.3, 0.4) is 0 Å². The van der Waals surface area contributed by atoms with Gasteiger partial charge in [0.2, 0.25) is 0 Å². The van der Waals surface area contributed by atoms with Crippen molar-refractivity contribution in [1.29, 1.82) is 0 Å². The van der Waals surface area contributed by atoms with E-state index in [0.717, 1.165) is 5.39 Å². The first-order chi connectivity index (χ1) is 10.5. The van der Waals surface area contributed by atoms with Crippen LogP contribution in [-0.4, -0.2) is 8.42 Å². The number of anilines is 1. The molecule has 6 heteroatoms. The molecule has 0 spiro atoms. The molecule has 1 N–H and O–H groups in total. The van der Waals surface area contributed by atoms with Crippen LogP contribution in [0, 0.1) is 0 Å². The second-order valence-electron chi connectivity index (χ2n) is 4.71. The summed E-state index contributed by atoms with van der Waals surface area (Å²) in [7, 11) is -3.81. The quantitative estimate of drug-likeness (QED) is 0.725. The van der Waals surface area contributed by atoms with E-state index < -0.39 is 10.0 Å². The Morgan fingerprint density at radius 1 is 0.818 bits per heavy atom. The third-order valence-electron chi connectivity index (χ3n) is 3.20. The summed E-state index contributed by atoms with van der Waals surface area (Å²) in [4.78, 5) is 0.0715. The highest BCUT2D eigenvalue weighted by molar-refractivity contribution is 7.93. The van der Waals surface area contributed by atoms with Crippen molar-refractivity contribution in [3.63, 3.8) is 0 Å². The van der Waals surface area contributed by atoms with Gasteiger partial charge in [-0.3, -0.25) is 4.72 Å². The Balaban J connectivity index is 2.13. The van der Waals surface area contributed by atoms with Crippen molar-refractivity contribution in [1.82, 2.24) is 0 Å².